The van der Waals surface area contributed by atoms with Gasteiger partial charge in [-0.2, -0.15) is 0 Å². The van der Waals surface area contributed by atoms with E-state index < -0.39 is 5.91 Å². The maximum Gasteiger partial charge on any atom is 0.293 e. The zero-order chi connectivity index (χ0) is 19.2. The predicted molar refractivity (Wildman–Crippen MR) is 112 cm³/mol. The highest BCUT2D eigenvalue weighted by Gasteiger charge is 2.15. The van der Waals surface area contributed by atoms with Gasteiger partial charge in [0, 0.05) is 18.0 Å². The number of amides is 1. The normalized spacial score (nSPS) is 10.7. The molecule has 0 aliphatic heterocycles. The number of furan rings is 1. The molecule has 0 saturated carbocycles. The Morgan fingerprint density at radius 2 is 2.00 bits per heavy atom. The van der Waals surface area contributed by atoms with Crippen LogP contribution in [0.3, 0.4) is 0 Å². The Kier molecular flexibility index (Phi) is 6.42. The molecule has 0 spiro atoms. The van der Waals surface area contributed by atoms with Gasteiger partial charge in [0.1, 0.15) is 10.7 Å². The highest BCUT2D eigenvalue weighted by Crippen LogP contribution is 2.24. The van der Waals surface area contributed by atoms with Gasteiger partial charge in [-0.05, 0) is 48.8 Å². The van der Waals surface area contributed by atoms with Gasteiger partial charge in [0.25, 0.3) is 5.91 Å². The minimum absolute atomic E-state index is 0.121. The van der Waals surface area contributed by atoms with Crippen molar-refractivity contribution in [1.82, 2.24) is 10.3 Å². The van der Waals surface area contributed by atoms with E-state index in [0.717, 1.165) is 12.1 Å². The Morgan fingerprint density at radius 1 is 1.22 bits per heavy atom. The van der Waals surface area contributed by atoms with Crippen LogP contribution in [-0.4, -0.2) is 16.0 Å². The summed E-state index contributed by atoms with van der Waals surface area (Å²) in [5.41, 5.74) is 2.60. The first-order valence-electron chi connectivity index (χ1n) is 8.82. The van der Waals surface area contributed by atoms with Crippen molar-refractivity contribution < 1.29 is 9.21 Å². The number of hydrogen-bond donors (Lipinski definition) is 2. The van der Waals surface area contributed by atoms with Gasteiger partial charge in [-0.15, -0.1) is 0 Å². The van der Waals surface area contributed by atoms with E-state index in [1.54, 1.807) is 12.1 Å². The van der Waals surface area contributed by atoms with Crippen molar-refractivity contribution >= 4 is 51.5 Å². The van der Waals surface area contributed by atoms with Crippen molar-refractivity contribution in [3.8, 4) is 0 Å². The molecule has 27 heavy (non-hydrogen) atoms. The number of aryl methyl sites for hydroxylation is 1. The highest BCUT2D eigenvalue weighted by atomic mass is 35.5. The Morgan fingerprint density at radius 3 is 2.70 bits per heavy atom. The van der Waals surface area contributed by atoms with Gasteiger partial charge in [-0.3, -0.25) is 10.1 Å². The Balaban J connectivity index is 1.58. The number of carbonyl (C=O) groups excluding carboxylic acids is 1. The highest BCUT2D eigenvalue weighted by molar-refractivity contribution is 7.80. The molecule has 0 aliphatic rings. The van der Waals surface area contributed by atoms with E-state index in [1.807, 2.05) is 12.1 Å². The molecule has 2 aromatic heterocycles. The Hall–Kier alpha value is -2.44. The van der Waals surface area contributed by atoms with Gasteiger partial charge in [0.15, 0.2) is 10.9 Å². The molecule has 1 aromatic carbocycles. The fraction of sp³-hybridized carbons (Fsp3) is 0.250. The van der Waals surface area contributed by atoms with Gasteiger partial charge in [0.2, 0.25) is 0 Å². The largest absolute Gasteiger partial charge is 0.451 e. The number of benzene rings is 1. The zero-order valence-electron chi connectivity index (χ0n) is 14.9. The second-order valence-corrected chi connectivity index (χ2v) is 6.95. The van der Waals surface area contributed by atoms with Crippen LogP contribution in [0, 0.1) is 0 Å². The molecular formula is C20H20ClN3O2S. The van der Waals surface area contributed by atoms with E-state index in [2.05, 4.69) is 34.7 Å². The predicted octanol–water partition coefficient (Wildman–Crippen LogP) is 5.34. The van der Waals surface area contributed by atoms with E-state index >= 15 is 0 Å². The van der Waals surface area contributed by atoms with Crippen molar-refractivity contribution in [2.45, 2.75) is 32.6 Å². The molecule has 0 atom stereocenters. The molecule has 3 rings (SSSR count). The van der Waals surface area contributed by atoms with Crippen molar-refractivity contribution in [3.63, 3.8) is 0 Å². The lowest BCUT2D eigenvalue weighted by Gasteiger charge is -2.09. The molecule has 5 nitrogen and oxygen atoms in total. The number of anilines is 1. The lowest BCUT2D eigenvalue weighted by atomic mass is 10.1. The number of nitrogens with one attached hydrogen (secondary N) is 2. The lowest BCUT2D eigenvalue weighted by Crippen LogP contribution is -2.33. The number of unbranched alkanes of at least 4 members (excludes halogenated alkanes) is 2. The minimum atomic E-state index is -0.448. The van der Waals surface area contributed by atoms with Crippen molar-refractivity contribution in [2.75, 3.05) is 5.32 Å². The summed E-state index contributed by atoms with van der Waals surface area (Å²) in [6.07, 6.45) is 6.22. The molecule has 0 radical (unpaired) electrons. The van der Waals surface area contributed by atoms with Gasteiger partial charge in [-0.25, -0.2) is 4.98 Å². The first kappa shape index (κ1) is 19.3. The van der Waals surface area contributed by atoms with Crippen LogP contribution in [-0.2, 0) is 6.42 Å². The minimum Gasteiger partial charge on any atom is -0.451 e. The molecule has 0 fully saturated rings. The third-order valence-corrected chi connectivity index (χ3v) is 4.63. The molecule has 0 saturated heterocycles. The Labute approximate surface area is 168 Å². The molecule has 2 heterocycles. The summed E-state index contributed by atoms with van der Waals surface area (Å²) in [6, 6.07) is 11.2. The summed E-state index contributed by atoms with van der Waals surface area (Å²) in [7, 11) is 0. The molecule has 0 bridgehead atoms. The fourth-order valence-corrected chi connectivity index (χ4v) is 3.12. The number of rotatable bonds is 6. The monoisotopic (exact) mass is 401 g/mol. The van der Waals surface area contributed by atoms with E-state index in [0.29, 0.717) is 11.0 Å². The average molecular weight is 402 g/mol. The van der Waals surface area contributed by atoms with Crippen LogP contribution in [0.2, 0.25) is 5.15 Å². The summed E-state index contributed by atoms with van der Waals surface area (Å²) < 4.78 is 5.50. The van der Waals surface area contributed by atoms with Crippen LogP contribution >= 0.6 is 23.8 Å². The van der Waals surface area contributed by atoms with E-state index in [9.17, 15) is 4.79 Å². The number of thiocarbonyl (C=S) groups is 1. The number of nitrogens with zero attached hydrogens (tertiary/aromatic N) is 1. The van der Waals surface area contributed by atoms with Crippen LogP contribution < -0.4 is 10.6 Å². The lowest BCUT2D eigenvalue weighted by molar-refractivity contribution is 0.0953. The SMILES string of the molecule is CCCCCc1ccc(NC(=S)NC(=O)c2cc3c(Cl)nccc3o2)cc1. The molecule has 3 aromatic rings. The van der Waals surface area contributed by atoms with Crippen LogP contribution in [0.4, 0.5) is 5.69 Å². The molecule has 1 amide bonds. The number of halogens is 1. The third-order valence-electron chi connectivity index (χ3n) is 4.13. The summed E-state index contributed by atoms with van der Waals surface area (Å²) in [5, 5.41) is 6.68. The summed E-state index contributed by atoms with van der Waals surface area (Å²) >= 11 is 11.2. The van der Waals surface area contributed by atoms with Gasteiger partial charge in [0.05, 0.1) is 5.39 Å². The molecule has 0 unspecified atom stereocenters. The third kappa shape index (κ3) is 5.05. The summed E-state index contributed by atoms with van der Waals surface area (Å²) in [4.78, 5) is 16.3. The average Bonchev–Trinajstić information content (AvgIpc) is 3.09. The molecular weight excluding hydrogens is 382 g/mol. The first-order chi connectivity index (χ1) is 13.1. The van der Waals surface area contributed by atoms with Crippen LogP contribution in [0.1, 0.15) is 42.3 Å². The van der Waals surface area contributed by atoms with Crippen molar-refractivity contribution in [2.24, 2.45) is 0 Å². The molecule has 2 N–H and O–H groups in total. The van der Waals surface area contributed by atoms with E-state index in [4.69, 9.17) is 28.2 Å². The number of hydrogen-bond acceptors (Lipinski definition) is 4. The topological polar surface area (TPSA) is 67.2 Å². The van der Waals surface area contributed by atoms with Gasteiger partial charge >= 0.3 is 0 Å². The Bertz CT molecular complexity index is 954. The quantitative estimate of drug-likeness (QED) is 0.331. The standard InChI is InChI=1S/C20H20ClN3O2S/c1-2-3-4-5-13-6-8-14(9-7-13)23-20(27)24-19(25)17-12-15-16(26-17)10-11-22-18(15)21/h6-12H,2-5H2,1H3,(H2,23,24,25,27). The molecule has 0 aliphatic carbocycles. The van der Waals surface area contributed by atoms with Crippen molar-refractivity contribution in [3.05, 3.63) is 59.1 Å². The fourth-order valence-electron chi connectivity index (χ4n) is 2.70. The van der Waals surface area contributed by atoms with Crippen LogP contribution in [0.15, 0.2) is 47.0 Å². The first-order valence-corrected chi connectivity index (χ1v) is 9.60. The zero-order valence-corrected chi connectivity index (χ0v) is 16.5. The van der Waals surface area contributed by atoms with Crippen LogP contribution in [0.5, 0.6) is 0 Å². The molecule has 7 heteroatoms. The second kappa shape index (κ2) is 8.97. The van der Waals surface area contributed by atoms with Gasteiger partial charge in [-0.1, -0.05) is 43.5 Å². The maximum absolute atomic E-state index is 12.3. The summed E-state index contributed by atoms with van der Waals surface area (Å²) in [5.74, 6) is -0.328. The number of carbonyl (C=O) groups is 1. The van der Waals surface area contributed by atoms with Crippen LogP contribution in [0.25, 0.3) is 11.0 Å². The maximum atomic E-state index is 12.3. The van der Waals surface area contributed by atoms with E-state index in [-0.39, 0.29) is 16.0 Å². The van der Waals surface area contributed by atoms with E-state index in [1.165, 1.54) is 31.0 Å². The summed E-state index contributed by atoms with van der Waals surface area (Å²) in [6.45, 7) is 2.19. The molecule has 140 valence electrons. The number of pyridine rings is 1. The number of fused-ring (bicyclic) bond motifs is 1. The van der Waals surface area contributed by atoms with Crippen molar-refractivity contribution in [1.29, 1.82) is 0 Å². The smallest absolute Gasteiger partial charge is 0.293 e. The van der Waals surface area contributed by atoms with Gasteiger partial charge < -0.3 is 9.73 Å². The number of aromatic nitrogens is 1. The second-order valence-electron chi connectivity index (χ2n) is 6.19.